The maximum absolute atomic E-state index is 11.6. The van der Waals surface area contributed by atoms with Gasteiger partial charge in [-0.3, -0.25) is 4.79 Å². The number of ether oxygens (including phenoxy) is 1. The lowest BCUT2D eigenvalue weighted by atomic mass is 10.3. The Morgan fingerprint density at radius 2 is 2.10 bits per heavy atom. The van der Waals surface area contributed by atoms with Crippen molar-refractivity contribution in [2.24, 2.45) is 0 Å². The van der Waals surface area contributed by atoms with E-state index in [-0.39, 0.29) is 12.5 Å². The quantitative estimate of drug-likeness (QED) is 0.699. The Bertz CT molecular complexity index is 543. The number of halogens is 1. The average Bonchev–Trinajstić information content (AvgIpc) is 2.99. The van der Waals surface area contributed by atoms with Gasteiger partial charge in [0, 0.05) is 22.5 Å². The summed E-state index contributed by atoms with van der Waals surface area (Å²) in [5.41, 5.74) is 1.34. The predicted octanol–water partition coefficient (Wildman–Crippen LogP) is 3.94. The van der Waals surface area contributed by atoms with Crippen molar-refractivity contribution in [3.8, 4) is 5.75 Å². The van der Waals surface area contributed by atoms with Gasteiger partial charge < -0.3 is 10.1 Å². The van der Waals surface area contributed by atoms with Crippen molar-refractivity contribution in [1.29, 1.82) is 0 Å². The lowest BCUT2D eigenvalue weighted by Crippen LogP contribution is -2.30. The molecular formula is C15H16BrNO2S2. The van der Waals surface area contributed by atoms with E-state index in [1.165, 1.54) is 5.56 Å². The minimum atomic E-state index is -0.0888. The Hall–Kier alpha value is -0.980. The number of thioether (sulfide) groups is 1. The average molecular weight is 386 g/mol. The molecule has 1 aromatic heterocycles. The van der Waals surface area contributed by atoms with E-state index < -0.39 is 0 Å². The number of hydrogen-bond donors (Lipinski definition) is 1. The van der Waals surface area contributed by atoms with E-state index in [9.17, 15) is 4.79 Å². The van der Waals surface area contributed by atoms with Crippen molar-refractivity contribution in [3.63, 3.8) is 0 Å². The number of amides is 1. The highest BCUT2D eigenvalue weighted by molar-refractivity contribution is 9.10. The lowest BCUT2D eigenvalue weighted by Gasteiger charge is -2.07. The molecule has 2 rings (SSSR count). The maximum Gasteiger partial charge on any atom is 0.257 e. The van der Waals surface area contributed by atoms with Crippen LogP contribution in [0.1, 0.15) is 5.56 Å². The Balaban J connectivity index is 1.54. The molecule has 3 nitrogen and oxygen atoms in total. The van der Waals surface area contributed by atoms with Crippen LogP contribution in [0.15, 0.2) is 45.6 Å². The third-order valence-corrected chi connectivity index (χ3v) is 4.89. The molecule has 1 heterocycles. The van der Waals surface area contributed by atoms with Crippen molar-refractivity contribution in [1.82, 2.24) is 5.32 Å². The molecule has 1 N–H and O–H groups in total. The highest BCUT2D eigenvalue weighted by Gasteiger charge is 2.02. The van der Waals surface area contributed by atoms with E-state index in [2.05, 4.69) is 38.1 Å². The first-order chi connectivity index (χ1) is 10.2. The molecule has 0 spiro atoms. The normalized spacial score (nSPS) is 10.3. The zero-order valence-corrected chi connectivity index (χ0v) is 14.6. The molecule has 0 unspecified atom stereocenters. The number of benzene rings is 1. The van der Waals surface area contributed by atoms with Crippen LogP contribution in [0.5, 0.6) is 5.75 Å². The second-order valence-corrected chi connectivity index (χ2v) is 7.08. The van der Waals surface area contributed by atoms with Gasteiger partial charge in [0.2, 0.25) is 0 Å². The van der Waals surface area contributed by atoms with Gasteiger partial charge in [-0.15, -0.1) is 0 Å². The van der Waals surface area contributed by atoms with Crippen LogP contribution in [0.3, 0.4) is 0 Å². The van der Waals surface area contributed by atoms with E-state index in [1.807, 2.05) is 36.0 Å². The summed E-state index contributed by atoms with van der Waals surface area (Å²) in [6.45, 7) is 0.716. The summed E-state index contributed by atoms with van der Waals surface area (Å²) in [4.78, 5) is 11.6. The van der Waals surface area contributed by atoms with E-state index >= 15 is 0 Å². The molecule has 2 aromatic rings. The molecule has 0 aliphatic carbocycles. The second-order valence-electron chi connectivity index (χ2n) is 4.28. The van der Waals surface area contributed by atoms with Crippen LogP contribution in [0.25, 0.3) is 0 Å². The molecule has 0 bridgehead atoms. The fourth-order valence-corrected chi connectivity index (χ4v) is 3.40. The summed E-state index contributed by atoms with van der Waals surface area (Å²) >= 11 is 6.88. The Kier molecular flexibility index (Phi) is 7.12. The van der Waals surface area contributed by atoms with Crippen molar-refractivity contribution in [2.45, 2.75) is 5.75 Å². The van der Waals surface area contributed by atoms with Crippen molar-refractivity contribution >= 4 is 44.9 Å². The van der Waals surface area contributed by atoms with Gasteiger partial charge in [-0.05, 0) is 46.7 Å². The molecular weight excluding hydrogens is 370 g/mol. The van der Waals surface area contributed by atoms with E-state index in [1.54, 1.807) is 11.3 Å². The van der Waals surface area contributed by atoms with E-state index in [0.29, 0.717) is 12.3 Å². The molecule has 6 heteroatoms. The Morgan fingerprint density at radius 1 is 1.29 bits per heavy atom. The summed E-state index contributed by atoms with van der Waals surface area (Å²) in [5.74, 6) is 2.50. The zero-order valence-electron chi connectivity index (χ0n) is 11.4. The predicted molar refractivity (Wildman–Crippen MR) is 93.1 cm³/mol. The molecule has 1 amide bonds. The highest BCUT2D eigenvalue weighted by atomic mass is 79.9. The van der Waals surface area contributed by atoms with Gasteiger partial charge in [-0.1, -0.05) is 15.9 Å². The maximum atomic E-state index is 11.6. The summed E-state index contributed by atoms with van der Waals surface area (Å²) in [6.07, 6.45) is 0. The molecule has 21 heavy (non-hydrogen) atoms. The van der Waals surface area contributed by atoms with Crippen LogP contribution in [0, 0.1) is 0 Å². The third-order valence-electron chi connectivity index (χ3n) is 2.60. The Labute approximate surface area is 141 Å². The van der Waals surface area contributed by atoms with Crippen molar-refractivity contribution in [2.75, 3.05) is 18.9 Å². The molecule has 0 saturated carbocycles. The summed E-state index contributed by atoms with van der Waals surface area (Å²) < 4.78 is 6.39. The van der Waals surface area contributed by atoms with Crippen LogP contribution in [-0.4, -0.2) is 24.8 Å². The third kappa shape index (κ3) is 6.54. The highest BCUT2D eigenvalue weighted by Crippen LogP contribution is 2.16. The molecule has 0 aliphatic rings. The largest absolute Gasteiger partial charge is 0.484 e. The number of carbonyl (C=O) groups is 1. The Morgan fingerprint density at radius 3 is 2.81 bits per heavy atom. The second kappa shape index (κ2) is 9.12. The van der Waals surface area contributed by atoms with Crippen LogP contribution in [0.4, 0.5) is 0 Å². The van der Waals surface area contributed by atoms with Crippen LogP contribution < -0.4 is 10.1 Å². The summed E-state index contributed by atoms with van der Waals surface area (Å²) in [7, 11) is 0. The molecule has 112 valence electrons. The molecule has 0 atom stereocenters. The van der Waals surface area contributed by atoms with Crippen LogP contribution in [0.2, 0.25) is 0 Å². The number of carbonyl (C=O) groups excluding carboxylic acids is 1. The topological polar surface area (TPSA) is 38.3 Å². The number of thiophene rings is 1. The SMILES string of the molecule is O=C(COc1ccc(Br)cc1)NCCSCc1ccsc1. The zero-order chi connectivity index (χ0) is 14.9. The molecule has 0 aliphatic heterocycles. The van der Waals surface area contributed by atoms with Crippen molar-refractivity contribution in [3.05, 3.63) is 51.1 Å². The first-order valence-electron chi connectivity index (χ1n) is 6.48. The number of nitrogens with one attached hydrogen (secondary N) is 1. The van der Waals surface area contributed by atoms with Gasteiger partial charge in [-0.2, -0.15) is 23.1 Å². The first kappa shape index (κ1) is 16.4. The fourth-order valence-electron chi connectivity index (χ4n) is 1.56. The van der Waals surface area contributed by atoms with E-state index in [0.717, 1.165) is 16.0 Å². The fraction of sp³-hybridized carbons (Fsp3) is 0.267. The molecule has 0 radical (unpaired) electrons. The minimum absolute atomic E-state index is 0.0524. The van der Waals surface area contributed by atoms with Gasteiger partial charge in [0.05, 0.1) is 0 Å². The molecule has 0 saturated heterocycles. The molecule has 0 fully saturated rings. The van der Waals surface area contributed by atoms with Gasteiger partial charge >= 0.3 is 0 Å². The summed E-state index contributed by atoms with van der Waals surface area (Å²) in [5, 5.41) is 7.08. The summed E-state index contributed by atoms with van der Waals surface area (Å²) in [6, 6.07) is 9.55. The smallest absolute Gasteiger partial charge is 0.257 e. The number of hydrogen-bond acceptors (Lipinski definition) is 4. The van der Waals surface area contributed by atoms with Crippen LogP contribution >= 0.6 is 39.0 Å². The monoisotopic (exact) mass is 385 g/mol. The standard InChI is InChI=1S/C15H16BrNO2S2/c16-13-1-3-14(4-2-13)19-9-15(18)17-6-8-21-11-12-5-7-20-10-12/h1-5,7,10H,6,8-9,11H2,(H,17,18). The first-order valence-corrected chi connectivity index (χ1v) is 9.37. The van der Waals surface area contributed by atoms with Gasteiger partial charge in [0.1, 0.15) is 5.75 Å². The minimum Gasteiger partial charge on any atom is -0.484 e. The lowest BCUT2D eigenvalue weighted by molar-refractivity contribution is -0.122. The van der Waals surface area contributed by atoms with Gasteiger partial charge in [0.15, 0.2) is 6.61 Å². The van der Waals surface area contributed by atoms with E-state index in [4.69, 9.17) is 4.74 Å². The van der Waals surface area contributed by atoms with Gasteiger partial charge in [-0.25, -0.2) is 0 Å². The number of rotatable bonds is 8. The van der Waals surface area contributed by atoms with Crippen molar-refractivity contribution < 1.29 is 9.53 Å². The molecule has 1 aromatic carbocycles. The van der Waals surface area contributed by atoms with Gasteiger partial charge in [0.25, 0.3) is 5.91 Å². The van der Waals surface area contributed by atoms with Crippen LogP contribution in [-0.2, 0) is 10.5 Å².